The van der Waals surface area contributed by atoms with Gasteiger partial charge in [-0.15, -0.1) is 0 Å². The zero-order valence-corrected chi connectivity index (χ0v) is 55.1. The molecular weight excluding hydrogens is 1010 g/mol. The van der Waals surface area contributed by atoms with E-state index < -0.39 is 0 Å². The summed E-state index contributed by atoms with van der Waals surface area (Å²) in [5.41, 5.74) is 0. The molecule has 16 rings (SSSR count). The van der Waals surface area contributed by atoms with Gasteiger partial charge in [-0.2, -0.15) is 0 Å². The molecule has 0 aromatic carbocycles. The summed E-state index contributed by atoms with van der Waals surface area (Å²) >= 11 is 0. The van der Waals surface area contributed by atoms with E-state index in [0.29, 0.717) is 0 Å². The summed E-state index contributed by atoms with van der Waals surface area (Å²) in [5.74, 6) is 18.5. The Kier molecular flexibility index (Phi) is 18.8. The van der Waals surface area contributed by atoms with Gasteiger partial charge in [0.25, 0.3) is 0 Å². The molecule has 23 unspecified atom stereocenters. The molecule has 16 fully saturated rings. The summed E-state index contributed by atoms with van der Waals surface area (Å²) in [7, 11) is 0. The van der Waals surface area contributed by atoms with Crippen molar-refractivity contribution in [3.05, 3.63) is 0 Å². The lowest BCUT2D eigenvalue weighted by Gasteiger charge is -2.70. The van der Waals surface area contributed by atoms with Gasteiger partial charge in [0.1, 0.15) is 0 Å². The molecule has 16 aliphatic carbocycles. The van der Waals surface area contributed by atoms with Crippen molar-refractivity contribution in [1.82, 2.24) is 14.7 Å². The van der Waals surface area contributed by atoms with E-state index in [1.54, 1.807) is 302 Å². The van der Waals surface area contributed by atoms with Crippen molar-refractivity contribution in [2.24, 2.45) is 107 Å². The minimum absolute atomic E-state index is 0.867. The Bertz CT molecular complexity index is 1770. The van der Waals surface area contributed by atoms with E-state index in [9.17, 15) is 0 Å². The first-order chi connectivity index (χ1) is 41.7. The van der Waals surface area contributed by atoms with Gasteiger partial charge in [0.2, 0.25) is 0 Å². The maximum absolute atomic E-state index is 3.75. The number of rotatable bonds is 12. The zero-order chi connectivity index (χ0) is 55.5. The highest BCUT2D eigenvalue weighted by molar-refractivity contribution is 5.17. The second-order valence-corrected chi connectivity index (χ2v) is 35.9. The quantitative estimate of drug-likeness (QED) is 0.193. The summed E-state index contributed by atoms with van der Waals surface area (Å²) in [6, 6.07) is 8.02. The lowest BCUT2D eigenvalue weighted by molar-refractivity contribution is -0.205. The molecular formula is C81H135N3. The van der Waals surface area contributed by atoms with Crippen LogP contribution in [0.15, 0.2) is 0 Å². The molecule has 0 saturated heterocycles. The highest BCUT2D eigenvalue weighted by Gasteiger charge is 2.66. The van der Waals surface area contributed by atoms with Gasteiger partial charge in [0, 0.05) is 54.4 Å². The van der Waals surface area contributed by atoms with Gasteiger partial charge in [-0.1, -0.05) is 218 Å². The fourth-order valence-corrected chi connectivity index (χ4v) is 30.2. The van der Waals surface area contributed by atoms with Gasteiger partial charge in [-0.05, 0) is 235 Å². The van der Waals surface area contributed by atoms with Crippen molar-refractivity contribution in [3.63, 3.8) is 0 Å². The first-order valence-electron chi connectivity index (χ1n) is 41.1. The van der Waals surface area contributed by atoms with Crippen LogP contribution in [0.25, 0.3) is 0 Å². The molecule has 3 heteroatoms. The first kappa shape index (κ1) is 58.9. The average Bonchev–Trinajstić information content (AvgIpc) is 1.18. The van der Waals surface area contributed by atoms with Crippen LogP contribution in [0, 0.1) is 107 Å². The van der Waals surface area contributed by atoms with Gasteiger partial charge in [0.15, 0.2) is 0 Å². The van der Waals surface area contributed by atoms with Crippen LogP contribution in [0.1, 0.15) is 347 Å². The van der Waals surface area contributed by atoms with E-state index in [1.807, 2.05) is 0 Å². The van der Waals surface area contributed by atoms with Crippen LogP contribution in [0.4, 0.5) is 0 Å². The Labute approximate surface area is 519 Å². The molecule has 0 aromatic heterocycles. The molecule has 0 spiro atoms. The summed E-state index contributed by atoms with van der Waals surface area (Å²) in [4.78, 5) is 11.2. The number of hydrogen-bond acceptors (Lipinski definition) is 3. The highest BCUT2D eigenvalue weighted by Crippen LogP contribution is 2.68. The number of nitrogens with zero attached hydrogens (tertiary/aromatic N) is 3. The Hall–Kier alpha value is -0.120. The van der Waals surface area contributed by atoms with Crippen LogP contribution in [-0.4, -0.2) is 69.1 Å². The third kappa shape index (κ3) is 11.3. The fraction of sp³-hybridized carbons (Fsp3) is 1.00. The summed E-state index contributed by atoms with van der Waals surface area (Å²) in [6.45, 7) is 0. The second-order valence-electron chi connectivity index (χ2n) is 35.9. The van der Waals surface area contributed by atoms with E-state index in [-0.39, 0.29) is 0 Å². The van der Waals surface area contributed by atoms with Gasteiger partial charge in [-0.25, -0.2) is 0 Å². The molecule has 84 heavy (non-hydrogen) atoms. The van der Waals surface area contributed by atoms with E-state index in [0.717, 1.165) is 161 Å². The van der Waals surface area contributed by atoms with Crippen LogP contribution in [-0.2, 0) is 0 Å². The van der Waals surface area contributed by atoms with E-state index >= 15 is 0 Å². The Morgan fingerprint density at radius 1 is 0.190 bits per heavy atom. The lowest BCUT2D eigenvalue weighted by atomic mass is 9.41. The van der Waals surface area contributed by atoms with Crippen molar-refractivity contribution in [1.29, 1.82) is 0 Å². The minimum atomic E-state index is 0.867. The zero-order valence-electron chi connectivity index (χ0n) is 55.1. The largest absolute Gasteiger partial charge is 0.294 e. The maximum atomic E-state index is 3.75. The van der Waals surface area contributed by atoms with Crippen molar-refractivity contribution >= 4 is 0 Å². The van der Waals surface area contributed by atoms with Crippen molar-refractivity contribution in [3.8, 4) is 0 Å². The van der Waals surface area contributed by atoms with Gasteiger partial charge >= 0.3 is 0 Å². The standard InChI is InChI=1S/C81H135N3/c1-5-29-59(30-6-1)79(67-45-21-31-55-25-13-17-41-63(55)67)72-53-76(82(60-35-7-2-8-36-60)73-46-22-32-56-26-14-18-42-64(56)73)69-51-52-71-78(84(62-39-11-4-12-40-62)75-48-24-34-58-28-16-20-44-66(58)75)54-77(70-50-49-68(72)80(69)81(70)71)83(61-37-9-3-10-38-61)74-47-23-33-57-27-15-19-43-65(57)74/h55-81H,1-54H2. The molecule has 0 radical (unpaired) electrons. The molecule has 0 aromatic rings. The molecule has 474 valence electrons. The van der Waals surface area contributed by atoms with E-state index in [2.05, 4.69) is 14.7 Å². The molecule has 0 bridgehead atoms. The van der Waals surface area contributed by atoms with Gasteiger partial charge in [0.05, 0.1) is 0 Å². The SMILES string of the molecule is C1CCC(C(C2CCCC3CCCCC32)C2CC(N(C3CCCCC3)C3CCCC4CCCCC43)C3CCC4C5C(CCC2C35)C(N(C2CCCCC2)C2CCCC3CCCCC32)CC4N(C2CCCCC2)C2CCCC3CCCCC32)CC1. The lowest BCUT2D eigenvalue weighted by Crippen LogP contribution is -2.71. The van der Waals surface area contributed by atoms with Crippen LogP contribution in [0.2, 0.25) is 0 Å². The van der Waals surface area contributed by atoms with Gasteiger partial charge in [-0.3, -0.25) is 14.7 Å². The van der Waals surface area contributed by atoms with Crippen LogP contribution >= 0.6 is 0 Å². The van der Waals surface area contributed by atoms with Crippen LogP contribution in [0.5, 0.6) is 0 Å². The minimum Gasteiger partial charge on any atom is -0.294 e. The third-order valence-corrected chi connectivity index (χ3v) is 32.8. The molecule has 16 saturated carbocycles. The molecule has 0 aliphatic heterocycles. The molecule has 3 nitrogen and oxygen atoms in total. The Morgan fingerprint density at radius 3 is 0.929 bits per heavy atom. The Morgan fingerprint density at radius 2 is 0.500 bits per heavy atom. The van der Waals surface area contributed by atoms with E-state index in [1.165, 1.54) is 44.9 Å². The molecule has 0 heterocycles. The summed E-state index contributed by atoms with van der Waals surface area (Å²) < 4.78 is 0. The predicted molar refractivity (Wildman–Crippen MR) is 352 cm³/mol. The van der Waals surface area contributed by atoms with Crippen molar-refractivity contribution < 1.29 is 0 Å². The van der Waals surface area contributed by atoms with Crippen molar-refractivity contribution in [2.75, 3.05) is 0 Å². The number of fused-ring (bicyclic) bond motifs is 4. The second kappa shape index (κ2) is 26.8. The van der Waals surface area contributed by atoms with E-state index in [4.69, 9.17) is 0 Å². The summed E-state index contributed by atoms with van der Waals surface area (Å²) in [5, 5.41) is 0. The number of hydrogen-bond donors (Lipinski definition) is 0. The average molecular weight is 1150 g/mol. The summed E-state index contributed by atoms with van der Waals surface area (Å²) in [6.07, 6.45) is 85.2. The topological polar surface area (TPSA) is 9.72 Å². The van der Waals surface area contributed by atoms with Crippen molar-refractivity contribution in [2.45, 2.75) is 401 Å². The molecule has 0 amide bonds. The smallest absolute Gasteiger partial charge is 0.0147 e. The van der Waals surface area contributed by atoms with Crippen LogP contribution < -0.4 is 0 Å². The predicted octanol–water partition coefficient (Wildman–Crippen LogP) is 21.6. The fourth-order valence-electron chi connectivity index (χ4n) is 30.2. The highest BCUT2D eigenvalue weighted by atomic mass is 15.3. The van der Waals surface area contributed by atoms with Gasteiger partial charge < -0.3 is 0 Å². The molecule has 16 aliphatic rings. The monoisotopic (exact) mass is 1150 g/mol. The van der Waals surface area contributed by atoms with Crippen LogP contribution in [0.3, 0.4) is 0 Å². The molecule has 0 N–H and O–H groups in total. The Balaban J connectivity index is 0.867. The third-order valence-electron chi connectivity index (χ3n) is 32.8. The normalized spacial score (nSPS) is 47.9. The maximum Gasteiger partial charge on any atom is 0.0147 e. The first-order valence-corrected chi connectivity index (χ1v) is 41.1. The molecule has 23 atom stereocenters.